The Hall–Kier alpha value is -3.26. The molecule has 2 atom stereocenters. The molecule has 2 amide bonds. The average Bonchev–Trinajstić information content (AvgIpc) is 3.00. The van der Waals surface area contributed by atoms with Crippen molar-refractivity contribution in [1.29, 1.82) is 0 Å². The van der Waals surface area contributed by atoms with Gasteiger partial charge in [-0.3, -0.25) is 9.59 Å². The molecule has 1 fully saturated rings. The van der Waals surface area contributed by atoms with E-state index in [4.69, 9.17) is 9.47 Å². The zero-order valence-corrected chi connectivity index (χ0v) is 19.0. The van der Waals surface area contributed by atoms with E-state index in [0.29, 0.717) is 24.4 Å². The van der Waals surface area contributed by atoms with Gasteiger partial charge in [-0.05, 0) is 57.5 Å². The number of morpholine rings is 1. The maximum atomic E-state index is 13.9. The Morgan fingerprint density at radius 2 is 1.58 bits per heavy atom. The lowest BCUT2D eigenvalue weighted by Crippen LogP contribution is -2.47. The summed E-state index contributed by atoms with van der Waals surface area (Å²) in [6.45, 7) is 8.46. The highest BCUT2D eigenvalue weighted by molar-refractivity contribution is 6.45. The number of amides is 2. The van der Waals surface area contributed by atoms with E-state index in [0.717, 1.165) is 17.0 Å². The van der Waals surface area contributed by atoms with Crippen molar-refractivity contribution in [3.8, 4) is 5.75 Å². The molecule has 1 saturated heterocycles. The molecule has 0 radical (unpaired) electrons. The van der Waals surface area contributed by atoms with Crippen LogP contribution in [-0.4, -0.2) is 48.1 Å². The molecule has 0 saturated carbocycles. The largest absolute Gasteiger partial charge is 0.491 e. The number of benzene rings is 2. The number of carbonyl (C=O) groups excluding carboxylic acids is 2. The summed E-state index contributed by atoms with van der Waals surface area (Å²) in [6.07, 6.45) is -0.311. The van der Waals surface area contributed by atoms with Gasteiger partial charge in [-0.25, -0.2) is 13.7 Å². The number of hydrogen-bond acceptors (Lipinski definition) is 5. The van der Waals surface area contributed by atoms with E-state index in [1.165, 1.54) is 6.07 Å². The van der Waals surface area contributed by atoms with Gasteiger partial charge in [0, 0.05) is 19.2 Å². The van der Waals surface area contributed by atoms with Crippen LogP contribution < -0.4 is 9.64 Å². The quantitative estimate of drug-likeness (QED) is 0.633. The number of anilines is 1. The minimum absolute atomic E-state index is 0.0134. The molecule has 2 aliphatic rings. The van der Waals surface area contributed by atoms with Gasteiger partial charge >= 0.3 is 0 Å². The van der Waals surface area contributed by atoms with Crippen molar-refractivity contribution in [2.24, 2.45) is 0 Å². The standard InChI is InChI=1S/C25H26F2N2O4/c1-14(2)32-19-8-5-17(6-9-19)22-23(28-12-15(3)33-16(4)13-28)25(31)29(24(22)30)18-7-10-20(26)21(27)11-18/h5-11,14-16H,12-13H2,1-4H3. The van der Waals surface area contributed by atoms with Crippen molar-refractivity contribution >= 4 is 23.1 Å². The second kappa shape index (κ2) is 8.94. The Labute approximate surface area is 191 Å². The van der Waals surface area contributed by atoms with E-state index in [9.17, 15) is 18.4 Å². The number of nitrogens with zero attached hydrogens (tertiary/aromatic N) is 2. The molecule has 0 spiro atoms. The van der Waals surface area contributed by atoms with Crippen molar-refractivity contribution in [3.63, 3.8) is 0 Å². The monoisotopic (exact) mass is 456 g/mol. The molecule has 8 heteroatoms. The minimum Gasteiger partial charge on any atom is -0.491 e. The van der Waals surface area contributed by atoms with Gasteiger partial charge in [-0.1, -0.05) is 12.1 Å². The summed E-state index contributed by atoms with van der Waals surface area (Å²) in [5.74, 6) is -2.72. The smallest absolute Gasteiger partial charge is 0.282 e. The first-order chi connectivity index (χ1) is 15.7. The predicted molar refractivity (Wildman–Crippen MR) is 120 cm³/mol. The van der Waals surface area contributed by atoms with Gasteiger partial charge in [-0.15, -0.1) is 0 Å². The van der Waals surface area contributed by atoms with E-state index >= 15 is 0 Å². The summed E-state index contributed by atoms with van der Waals surface area (Å²) in [4.78, 5) is 29.8. The van der Waals surface area contributed by atoms with Crippen molar-refractivity contribution in [2.45, 2.75) is 46.0 Å². The molecule has 33 heavy (non-hydrogen) atoms. The summed E-state index contributed by atoms with van der Waals surface area (Å²) in [5, 5.41) is 0. The Kier molecular flexibility index (Phi) is 6.21. The molecule has 0 N–H and O–H groups in total. The molecule has 2 aromatic rings. The lowest BCUT2D eigenvalue weighted by molar-refractivity contribution is -0.121. The van der Waals surface area contributed by atoms with E-state index in [1.807, 2.05) is 32.6 Å². The molecule has 174 valence electrons. The second-order valence-electron chi connectivity index (χ2n) is 8.62. The fourth-order valence-corrected chi connectivity index (χ4v) is 4.26. The van der Waals surface area contributed by atoms with Crippen molar-refractivity contribution in [2.75, 3.05) is 18.0 Å². The molecule has 4 rings (SSSR count). The summed E-state index contributed by atoms with van der Waals surface area (Å²) in [6, 6.07) is 9.90. The highest BCUT2D eigenvalue weighted by Gasteiger charge is 2.44. The van der Waals surface area contributed by atoms with Crippen LogP contribution in [0, 0.1) is 11.6 Å². The Morgan fingerprint density at radius 3 is 2.15 bits per heavy atom. The maximum absolute atomic E-state index is 13.9. The van der Waals surface area contributed by atoms with E-state index in [2.05, 4.69) is 0 Å². The van der Waals surface area contributed by atoms with Gasteiger partial charge in [0.05, 0.1) is 29.6 Å². The number of imide groups is 1. The van der Waals surface area contributed by atoms with Crippen molar-refractivity contribution in [3.05, 3.63) is 65.4 Å². The molecule has 2 aromatic carbocycles. The molecule has 0 aliphatic carbocycles. The third-order valence-electron chi connectivity index (χ3n) is 5.47. The molecule has 2 aliphatic heterocycles. The third kappa shape index (κ3) is 4.48. The predicted octanol–water partition coefficient (Wildman–Crippen LogP) is 4.15. The maximum Gasteiger partial charge on any atom is 0.282 e. The van der Waals surface area contributed by atoms with E-state index in [1.54, 1.807) is 24.3 Å². The van der Waals surface area contributed by atoms with Gasteiger partial charge < -0.3 is 14.4 Å². The molecule has 0 aromatic heterocycles. The van der Waals surface area contributed by atoms with Crippen LogP contribution in [0.15, 0.2) is 48.2 Å². The first kappa shape index (κ1) is 22.9. The van der Waals surface area contributed by atoms with Crippen LogP contribution in [0.1, 0.15) is 33.3 Å². The second-order valence-corrected chi connectivity index (χ2v) is 8.62. The van der Waals surface area contributed by atoms with Gasteiger partial charge in [0.25, 0.3) is 11.8 Å². The lowest BCUT2D eigenvalue weighted by atomic mass is 10.0. The van der Waals surface area contributed by atoms with Crippen molar-refractivity contribution in [1.82, 2.24) is 4.90 Å². The number of rotatable bonds is 5. The molecular weight excluding hydrogens is 430 g/mol. The normalized spacial score (nSPS) is 21.4. The zero-order valence-electron chi connectivity index (χ0n) is 19.0. The highest BCUT2D eigenvalue weighted by Crippen LogP contribution is 2.36. The average molecular weight is 456 g/mol. The van der Waals surface area contributed by atoms with Gasteiger partial charge in [-0.2, -0.15) is 0 Å². The van der Waals surface area contributed by atoms with Crippen LogP contribution in [0.4, 0.5) is 14.5 Å². The van der Waals surface area contributed by atoms with Crippen LogP contribution >= 0.6 is 0 Å². The molecule has 0 bridgehead atoms. The van der Waals surface area contributed by atoms with E-state index < -0.39 is 23.4 Å². The Morgan fingerprint density at radius 1 is 0.939 bits per heavy atom. The van der Waals surface area contributed by atoms with Crippen LogP contribution in [0.3, 0.4) is 0 Å². The van der Waals surface area contributed by atoms with E-state index in [-0.39, 0.29) is 35.3 Å². The third-order valence-corrected chi connectivity index (χ3v) is 5.47. The number of hydrogen-bond donors (Lipinski definition) is 0. The summed E-state index contributed by atoms with van der Waals surface area (Å²) in [7, 11) is 0. The summed E-state index contributed by atoms with van der Waals surface area (Å²) >= 11 is 0. The first-order valence-electron chi connectivity index (χ1n) is 10.9. The molecule has 2 heterocycles. The lowest BCUT2D eigenvalue weighted by Gasteiger charge is -2.37. The van der Waals surface area contributed by atoms with Gasteiger partial charge in [0.2, 0.25) is 0 Å². The van der Waals surface area contributed by atoms with Crippen LogP contribution in [0.25, 0.3) is 5.57 Å². The minimum atomic E-state index is -1.13. The topological polar surface area (TPSA) is 59.1 Å². The number of ether oxygens (including phenoxy) is 2. The van der Waals surface area contributed by atoms with Crippen LogP contribution in [0.5, 0.6) is 5.75 Å². The fraction of sp³-hybridized carbons (Fsp3) is 0.360. The first-order valence-corrected chi connectivity index (χ1v) is 10.9. The van der Waals surface area contributed by atoms with Gasteiger partial charge in [0.1, 0.15) is 11.4 Å². The molecular formula is C25H26F2N2O4. The Balaban J connectivity index is 1.79. The molecule has 2 unspecified atom stereocenters. The summed E-state index contributed by atoms with van der Waals surface area (Å²) < 4.78 is 38.9. The van der Waals surface area contributed by atoms with Gasteiger partial charge in [0.15, 0.2) is 11.6 Å². The van der Waals surface area contributed by atoms with Crippen LogP contribution in [-0.2, 0) is 14.3 Å². The highest BCUT2D eigenvalue weighted by atomic mass is 19.2. The summed E-state index contributed by atoms with van der Waals surface area (Å²) in [5.41, 5.74) is 0.952. The Bertz CT molecular complexity index is 1100. The van der Waals surface area contributed by atoms with Crippen LogP contribution in [0.2, 0.25) is 0 Å². The number of halogens is 2. The fourth-order valence-electron chi connectivity index (χ4n) is 4.26. The zero-order chi connectivity index (χ0) is 23.9. The SMILES string of the molecule is CC(C)Oc1ccc(C2=C(N3CC(C)OC(C)C3)C(=O)N(c3ccc(F)c(F)c3)C2=O)cc1. The molecule has 6 nitrogen and oxygen atoms in total. The number of carbonyl (C=O) groups is 2. The van der Waals surface area contributed by atoms with Crippen molar-refractivity contribution < 1.29 is 27.8 Å².